The van der Waals surface area contributed by atoms with Crippen LogP contribution in [0, 0.1) is 5.92 Å². The van der Waals surface area contributed by atoms with E-state index >= 15 is 0 Å². The molecule has 3 heterocycles. The zero-order valence-corrected chi connectivity index (χ0v) is 16.3. The number of anilines is 2. The summed E-state index contributed by atoms with van der Waals surface area (Å²) in [5.41, 5.74) is 4.22. The van der Waals surface area contributed by atoms with Crippen LogP contribution in [-0.2, 0) is 0 Å². The van der Waals surface area contributed by atoms with E-state index in [2.05, 4.69) is 28.7 Å². The van der Waals surface area contributed by atoms with Crippen molar-refractivity contribution in [2.24, 2.45) is 15.9 Å². The van der Waals surface area contributed by atoms with Crippen LogP contribution in [0.15, 0.2) is 57.5 Å². The molecule has 0 bridgehead atoms. The number of fused-ring (bicyclic) bond motifs is 1. The van der Waals surface area contributed by atoms with E-state index in [-0.39, 0.29) is 0 Å². The molecule has 2 aromatic rings. The van der Waals surface area contributed by atoms with Gasteiger partial charge in [0.25, 0.3) is 0 Å². The Hall–Kier alpha value is -2.73. The number of ether oxygens (including phenoxy) is 1. The van der Waals surface area contributed by atoms with Gasteiger partial charge in [-0.05, 0) is 57.0 Å². The third kappa shape index (κ3) is 4.01. The van der Waals surface area contributed by atoms with Gasteiger partial charge in [-0.3, -0.25) is 0 Å². The fourth-order valence-corrected chi connectivity index (χ4v) is 4.00. The molecule has 1 aromatic heterocycles. The Balaban J connectivity index is 1.51. The Bertz CT molecular complexity index is 937. The summed E-state index contributed by atoms with van der Waals surface area (Å²) in [4.78, 5) is 14.0. The van der Waals surface area contributed by atoms with Gasteiger partial charge in [0, 0.05) is 34.5 Å². The third-order valence-corrected chi connectivity index (χ3v) is 5.38. The molecule has 1 atom stereocenters. The summed E-state index contributed by atoms with van der Waals surface area (Å²) < 4.78 is 5.48. The Morgan fingerprint density at radius 3 is 2.93 bits per heavy atom. The number of benzene rings is 1. The minimum absolute atomic E-state index is 0.308. The average molecular weight is 379 g/mol. The van der Waals surface area contributed by atoms with Gasteiger partial charge in [0.05, 0.1) is 12.3 Å². The molecular formula is C21H22N4OS. The molecule has 0 radical (unpaired) electrons. The summed E-state index contributed by atoms with van der Waals surface area (Å²) in [6, 6.07) is 7.93. The van der Waals surface area contributed by atoms with Gasteiger partial charge >= 0.3 is 0 Å². The second kappa shape index (κ2) is 7.88. The highest BCUT2D eigenvalue weighted by Gasteiger charge is 2.21. The molecule has 1 N–H and O–H groups in total. The molecule has 0 saturated carbocycles. The second-order valence-corrected chi connectivity index (χ2v) is 7.32. The van der Waals surface area contributed by atoms with Crippen molar-refractivity contribution in [3.63, 3.8) is 0 Å². The molecule has 1 unspecified atom stereocenters. The van der Waals surface area contributed by atoms with Crippen LogP contribution in [0.3, 0.4) is 0 Å². The molecule has 6 heteroatoms. The van der Waals surface area contributed by atoms with Crippen molar-refractivity contribution in [1.82, 2.24) is 4.98 Å². The number of dihydropyridines is 1. The van der Waals surface area contributed by atoms with E-state index in [1.54, 1.807) is 11.3 Å². The molecule has 0 aliphatic carbocycles. The Labute approximate surface area is 163 Å². The van der Waals surface area contributed by atoms with Crippen molar-refractivity contribution in [3.05, 3.63) is 53.2 Å². The van der Waals surface area contributed by atoms with Gasteiger partial charge in [-0.2, -0.15) is 0 Å². The quantitative estimate of drug-likeness (QED) is 0.751. The van der Waals surface area contributed by atoms with Crippen LogP contribution >= 0.6 is 11.3 Å². The SMILES string of the molecule is CCOc1ccc(Nc2nc(C3=C(C)N=C4N=CC=CC4CC3)cs2)cc1. The summed E-state index contributed by atoms with van der Waals surface area (Å²) in [5, 5.41) is 6.35. The lowest BCUT2D eigenvalue weighted by Gasteiger charge is -2.11. The molecule has 0 saturated heterocycles. The molecule has 0 spiro atoms. The van der Waals surface area contributed by atoms with Gasteiger partial charge in [-0.15, -0.1) is 11.3 Å². The third-order valence-electron chi connectivity index (χ3n) is 4.62. The minimum atomic E-state index is 0.308. The van der Waals surface area contributed by atoms with Crippen molar-refractivity contribution in [2.45, 2.75) is 26.7 Å². The molecule has 2 aliphatic heterocycles. The van der Waals surface area contributed by atoms with Crippen molar-refractivity contribution in [3.8, 4) is 5.75 Å². The van der Waals surface area contributed by atoms with E-state index in [1.807, 2.05) is 43.5 Å². The van der Waals surface area contributed by atoms with E-state index < -0.39 is 0 Å². The lowest BCUT2D eigenvalue weighted by molar-refractivity contribution is 0.340. The predicted octanol–water partition coefficient (Wildman–Crippen LogP) is 5.47. The summed E-state index contributed by atoms with van der Waals surface area (Å²) in [6.07, 6.45) is 7.97. The maximum absolute atomic E-state index is 5.48. The van der Waals surface area contributed by atoms with Gasteiger partial charge in [0.1, 0.15) is 11.6 Å². The molecule has 27 heavy (non-hydrogen) atoms. The number of aliphatic imine (C=N–C) groups is 2. The summed E-state index contributed by atoms with van der Waals surface area (Å²) in [7, 11) is 0. The van der Waals surface area contributed by atoms with E-state index in [0.29, 0.717) is 12.5 Å². The number of nitrogens with zero attached hydrogens (tertiary/aromatic N) is 3. The fraction of sp³-hybridized carbons (Fsp3) is 0.286. The normalized spacial score (nSPS) is 18.7. The number of thiazole rings is 1. The van der Waals surface area contributed by atoms with Crippen LogP contribution in [0.1, 0.15) is 32.4 Å². The lowest BCUT2D eigenvalue weighted by atomic mass is 9.97. The van der Waals surface area contributed by atoms with Crippen LogP contribution in [0.4, 0.5) is 10.8 Å². The zero-order chi connectivity index (χ0) is 18.6. The predicted molar refractivity (Wildman–Crippen MR) is 113 cm³/mol. The molecule has 4 rings (SSSR count). The maximum Gasteiger partial charge on any atom is 0.187 e. The van der Waals surface area contributed by atoms with Gasteiger partial charge in [0.2, 0.25) is 0 Å². The van der Waals surface area contributed by atoms with Crippen LogP contribution in [0.2, 0.25) is 0 Å². The van der Waals surface area contributed by atoms with Crippen molar-refractivity contribution < 1.29 is 4.74 Å². The maximum atomic E-state index is 5.48. The number of aromatic nitrogens is 1. The zero-order valence-electron chi connectivity index (χ0n) is 15.5. The van der Waals surface area contributed by atoms with Gasteiger partial charge in [0.15, 0.2) is 5.13 Å². The summed E-state index contributed by atoms with van der Waals surface area (Å²) in [6.45, 7) is 4.70. The number of hydrogen-bond acceptors (Lipinski definition) is 6. The van der Waals surface area contributed by atoms with Crippen molar-refractivity contribution in [1.29, 1.82) is 0 Å². The van der Waals surface area contributed by atoms with Gasteiger partial charge < -0.3 is 10.1 Å². The van der Waals surface area contributed by atoms with Crippen molar-refractivity contribution >= 4 is 39.8 Å². The number of allylic oxidation sites excluding steroid dienone is 3. The lowest BCUT2D eigenvalue weighted by Crippen LogP contribution is -2.11. The van der Waals surface area contributed by atoms with E-state index in [9.17, 15) is 0 Å². The number of rotatable bonds is 5. The van der Waals surface area contributed by atoms with E-state index in [1.165, 1.54) is 5.57 Å². The first-order valence-electron chi connectivity index (χ1n) is 9.18. The molecular weight excluding hydrogens is 356 g/mol. The first-order chi connectivity index (χ1) is 13.2. The number of amidine groups is 1. The standard InChI is InChI=1S/C21H22N4OS/c1-3-26-17-9-7-16(8-10-17)24-21-25-19(13-27-21)18-11-6-15-5-4-12-22-20(15)23-14(18)2/h4-5,7-10,12-13,15H,3,6,11H2,1-2H3,(H,24,25). The average Bonchev–Trinajstić information content (AvgIpc) is 3.06. The second-order valence-electron chi connectivity index (χ2n) is 6.46. The molecule has 0 fully saturated rings. The molecule has 1 aromatic carbocycles. The van der Waals surface area contributed by atoms with Gasteiger partial charge in [-0.1, -0.05) is 6.08 Å². The van der Waals surface area contributed by atoms with Crippen LogP contribution < -0.4 is 10.1 Å². The van der Waals surface area contributed by atoms with Gasteiger partial charge in [-0.25, -0.2) is 15.0 Å². The van der Waals surface area contributed by atoms with Crippen LogP contribution in [0.5, 0.6) is 5.75 Å². The first-order valence-corrected chi connectivity index (χ1v) is 10.1. The van der Waals surface area contributed by atoms with E-state index in [4.69, 9.17) is 14.7 Å². The smallest absolute Gasteiger partial charge is 0.187 e. The minimum Gasteiger partial charge on any atom is -0.494 e. The summed E-state index contributed by atoms with van der Waals surface area (Å²) >= 11 is 1.61. The largest absolute Gasteiger partial charge is 0.494 e. The highest BCUT2D eigenvalue weighted by molar-refractivity contribution is 7.13. The van der Waals surface area contributed by atoms with E-state index in [0.717, 1.165) is 46.6 Å². The topological polar surface area (TPSA) is 58.9 Å². The Kier molecular flexibility index (Phi) is 5.16. The fourth-order valence-electron chi connectivity index (χ4n) is 3.25. The summed E-state index contributed by atoms with van der Waals surface area (Å²) in [5.74, 6) is 2.09. The highest BCUT2D eigenvalue weighted by atomic mass is 32.1. The molecule has 0 amide bonds. The Morgan fingerprint density at radius 1 is 1.26 bits per heavy atom. The van der Waals surface area contributed by atoms with Crippen molar-refractivity contribution in [2.75, 3.05) is 11.9 Å². The van der Waals surface area contributed by atoms with Crippen LogP contribution in [0.25, 0.3) is 5.57 Å². The highest BCUT2D eigenvalue weighted by Crippen LogP contribution is 2.34. The molecule has 138 valence electrons. The number of nitrogens with one attached hydrogen (secondary N) is 1. The molecule has 2 aliphatic rings. The molecule has 5 nitrogen and oxygen atoms in total. The Morgan fingerprint density at radius 2 is 2.11 bits per heavy atom. The van der Waals surface area contributed by atoms with Crippen LogP contribution in [-0.4, -0.2) is 23.6 Å². The first kappa shape index (κ1) is 17.7. The monoisotopic (exact) mass is 378 g/mol. The number of hydrogen-bond donors (Lipinski definition) is 1.